The van der Waals surface area contributed by atoms with Crippen molar-refractivity contribution < 1.29 is 45.8 Å². The standard InChI is InChI=1S/C31H31F3NO8P/c1-6-40-30(36)28-24-10-8-7-9-23(24)26-17-21(31(32,33)34)13-16-25(26)27(28)29(20-11-14-22(15-12-20)35(37)38)43-44(39,41-18(2)3)42-19(4)5/h7-19,29H,6H2,1-5H3. The minimum Gasteiger partial charge on any atom is -0.462 e. The van der Waals surface area contributed by atoms with Crippen molar-refractivity contribution in [1.82, 2.24) is 0 Å². The van der Waals surface area contributed by atoms with Gasteiger partial charge in [-0.05, 0) is 86.0 Å². The number of nitrogens with zero attached hydrogens (tertiary/aromatic N) is 1. The van der Waals surface area contributed by atoms with Gasteiger partial charge in [-0.2, -0.15) is 13.2 Å². The summed E-state index contributed by atoms with van der Waals surface area (Å²) in [6.07, 6.45) is -7.45. The molecule has 0 heterocycles. The minimum atomic E-state index is -4.67. The van der Waals surface area contributed by atoms with E-state index >= 15 is 0 Å². The van der Waals surface area contributed by atoms with Crippen molar-refractivity contribution >= 4 is 41.0 Å². The second-order valence-corrected chi connectivity index (χ2v) is 11.9. The van der Waals surface area contributed by atoms with Crippen LogP contribution in [0.5, 0.6) is 0 Å². The Morgan fingerprint density at radius 1 is 0.864 bits per heavy atom. The van der Waals surface area contributed by atoms with E-state index in [-0.39, 0.29) is 45.1 Å². The number of carbonyl (C=O) groups excluding carboxylic acids is 1. The molecule has 0 N–H and O–H groups in total. The predicted octanol–water partition coefficient (Wildman–Crippen LogP) is 9.16. The van der Waals surface area contributed by atoms with Crippen LogP contribution in [-0.2, 0) is 29.0 Å². The summed E-state index contributed by atoms with van der Waals surface area (Å²) in [6.45, 7) is 8.00. The molecular formula is C31H31F3NO8P. The van der Waals surface area contributed by atoms with Crippen LogP contribution in [0.3, 0.4) is 0 Å². The highest BCUT2D eigenvalue weighted by Crippen LogP contribution is 2.57. The van der Waals surface area contributed by atoms with Crippen LogP contribution in [-0.4, -0.2) is 29.7 Å². The number of non-ortho nitro benzene ring substituents is 1. The number of fused-ring (bicyclic) bond motifs is 3. The lowest BCUT2D eigenvalue weighted by molar-refractivity contribution is -0.384. The third-order valence-electron chi connectivity index (χ3n) is 6.46. The molecule has 13 heteroatoms. The van der Waals surface area contributed by atoms with Crippen molar-refractivity contribution in [3.05, 3.63) is 99.1 Å². The first-order valence-corrected chi connectivity index (χ1v) is 15.2. The number of esters is 1. The molecule has 9 nitrogen and oxygen atoms in total. The van der Waals surface area contributed by atoms with Crippen molar-refractivity contribution in [3.8, 4) is 0 Å². The number of carbonyl (C=O) groups is 1. The van der Waals surface area contributed by atoms with E-state index in [2.05, 4.69) is 0 Å². The summed E-state index contributed by atoms with van der Waals surface area (Å²) in [5, 5.41) is 12.3. The zero-order chi connectivity index (χ0) is 32.4. The maximum Gasteiger partial charge on any atom is 0.476 e. The second-order valence-electron chi connectivity index (χ2n) is 10.4. The first-order valence-electron chi connectivity index (χ1n) is 13.8. The van der Waals surface area contributed by atoms with Gasteiger partial charge in [0.2, 0.25) is 0 Å². The lowest BCUT2D eigenvalue weighted by atomic mass is 9.86. The lowest BCUT2D eigenvalue weighted by Gasteiger charge is -2.29. The molecule has 0 saturated carbocycles. The summed E-state index contributed by atoms with van der Waals surface area (Å²) in [5.74, 6) is -0.805. The van der Waals surface area contributed by atoms with Crippen LogP contribution in [0.15, 0.2) is 66.7 Å². The van der Waals surface area contributed by atoms with E-state index in [9.17, 15) is 32.6 Å². The minimum absolute atomic E-state index is 0.0217. The van der Waals surface area contributed by atoms with E-state index < -0.39 is 48.8 Å². The van der Waals surface area contributed by atoms with Crippen molar-refractivity contribution in [3.63, 3.8) is 0 Å². The number of phosphoric acid groups is 1. The number of benzene rings is 4. The lowest BCUT2D eigenvalue weighted by Crippen LogP contribution is -2.18. The molecule has 4 rings (SSSR count). The largest absolute Gasteiger partial charge is 0.476 e. The SMILES string of the molecule is CCOC(=O)c1c(C(OP(=O)(OC(C)C)OC(C)C)c2ccc([N+](=O)[O-])cc2)c2ccc(C(F)(F)F)cc2c2ccccc12. The van der Waals surface area contributed by atoms with Gasteiger partial charge in [-0.25, -0.2) is 9.36 Å². The number of alkyl halides is 3. The maximum atomic E-state index is 14.1. The fraction of sp³-hybridized carbons (Fsp3) is 0.323. The number of rotatable bonds is 11. The molecule has 0 fully saturated rings. The molecule has 44 heavy (non-hydrogen) atoms. The van der Waals surface area contributed by atoms with Gasteiger partial charge in [0.05, 0.1) is 34.9 Å². The summed E-state index contributed by atoms with van der Waals surface area (Å²) in [4.78, 5) is 24.5. The Labute approximate surface area is 251 Å². The molecule has 4 aromatic rings. The second kappa shape index (κ2) is 13.0. The van der Waals surface area contributed by atoms with E-state index in [1.165, 1.54) is 30.3 Å². The quantitative estimate of drug-likeness (QED) is 0.0528. The Kier molecular flexibility index (Phi) is 9.80. The van der Waals surface area contributed by atoms with Crippen molar-refractivity contribution in [2.24, 2.45) is 0 Å². The Hall–Kier alpha value is -3.83. The zero-order valence-electron chi connectivity index (χ0n) is 24.6. The maximum absolute atomic E-state index is 14.1. The van der Waals surface area contributed by atoms with Crippen LogP contribution in [0, 0.1) is 10.1 Å². The van der Waals surface area contributed by atoms with Gasteiger partial charge in [0.25, 0.3) is 5.69 Å². The van der Waals surface area contributed by atoms with Gasteiger partial charge in [-0.15, -0.1) is 0 Å². The van der Waals surface area contributed by atoms with Gasteiger partial charge >= 0.3 is 20.0 Å². The summed E-state index contributed by atoms with van der Waals surface area (Å²) < 4.78 is 78.6. The van der Waals surface area contributed by atoms with E-state index in [0.717, 1.165) is 12.1 Å². The molecule has 1 atom stereocenters. The molecule has 0 bridgehead atoms. The summed E-state index contributed by atoms with van der Waals surface area (Å²) >= 11 is 0. The third kappa shape index (κ3) is 7.10. The molecule has 0 saturated heterocycles. The van der Waals surface area contributed by atoms with Crippen LogP contribution in [0.25, 0.3) is 21.5 Å². The Balaban J connectivity index is 2.17. The third-order valence-corrected chi connectivity index (χ3v) is 8.28. The van der Waals surface area contributed by atoms with E-state index in [1.54, 1.807) is 58.9 Å². The fourth-order valence-corrected chi connectivity index (χ4v) is 6.53. The van der Waals surface area contributed by atoms with Crippen LogP contribution < -0.4 is 0 Å². The number of nitro groups is 1. The topological polar surface area (TPSA) is 114 Å². The van der Waals surface area contributed by atoms with Crippen molar-refractivity contribution in [2.45, 2.75) is 59.1 Å². The van der Waals surface area contributed by atoms with Crippen LogP contribution in [0.4, 0.5) is 18.9 Å². The molecule has 0 radical (unpaired) electrons. The summed E-state index contributed by atoms with van der Waals surface area (Å²) in [5.41, 5.74) is -0.998. The summed E-state index contributed by atoms with van der Waals surface area (Å²) in [7, 11) is -4.46. The molecule has 0 spiro atoms. The summed E-state index contributed by atoms with van der Waals surface area (Å²) in [6, 6.07) is 14.5. The predicted molar refractivity (Wildman–Crippen MR) is 158 cm³/mol. The number of ether oxygens (including phenoxy) is 1. The van der Waals surface area contributed by atoms with E-state index in [1.807, 2.05) is 0 Å². The van der Waals surface area contributed by atoms with Crippen molar-refractivity contribution in [1.29, 1.82) is 0 Å². The molecular weight excluding hydrogens is 602 g/mol. The van der Waals surface area contributed by atoms with Crippen LogP contribution in [0.1, 0.15) is 67.8 Å². The molecule has 0 amide bonds. The smallest absolute Gasteiger partial charge is 0.462 e. The number of phosphoric ester groups is 1. The number of hydrogen-bond donors (Lipinski definition) is 0. The molecule has 0 aromatic heterocycles. The highest BCUT2D eigenvalue weighted by atomic mass is 31.2. The van der Waals surface area contributed by atoms with Gasteiger partial charge in [-0.1, -0.05) is 30.3 Å². The van der Waals surface area contributed by atoms with Crippen molar-refractivity contribution in [2.75, 3.05) is 6.61 Å². The van der Waals surface area contributed by atoms with Crippen LogP contribution in [0.2, 0.25) is 0 Å². The van der Waals surface area contributed by atoms with Gasteiger partial charge in [0.15, 0.2) is 0 Å². The van der Waals surface area contributed by atoms with E-state index in [4.69, 9.17) is 18.3 Å². The van der Waals surface area contributed by atoms with Crippen LogP contribution >= 0.6 is 7.82 Å². The molecule has 1 unspecified atom stereocenters. The average molecular weight is 634 g/mol. The fourth-order valence-electron chi connectivity index (χ4n) is 4.86. The monoisotopic (exact) mass is 633 g/mol. The normalized spacial score (nSPS) is 13.1. The zero-order valence-corrected chi connectivity index (χ0v) is 25.5. The Bertz CT molecular complexity index is 1720. The molecule has 0 aliphatic carbocycles. The van der Waals surface area contributed by atoms with Gasteiger partial charge < -0.3 is 4.74 Å². The molecule has 0 aliphatic rings. The highest BCUT2D eigenvalue weighted by Gasteiger charge is 2.39. The average Bonchev–Trinajstić information content (AvgIpc) is 2.94. The molecule has 234 valence electrons. The molecule has 4 aromatic carbocycles. The first kappa shape index (κ1) is 33.1. The van der Waals surface area contributed by atoms with Gasteiger partial charge in [0, 0.05) is 17.7 Å². The number of hydrogen-bond acceptors (Lipinski definition) is 8. The van der Waals surface area contributed by atoms with Gasteiger partial charge in [-0.3, -0.25) is 23.7 Å². The Morgan fingerprint density at radius 3 is 1.98 bits per heavy atom. The number of halogens is 3. The highest BCUT2D eigenvalue weighted by molar-refractivity contribution is 7.48. The van der Waals surface area contributed by atoms with Gasteiger partial charge in [0.1, 0.15) is 6.10 Å². The van der Waals surface area contributed by atoms with E-state index in [0.29, 0.717) is 5.39 Å². The first-order chi connectivity index (χ1) is 20.6. The number of nitro benzene ring substituents is 1. The Morgan fingerprint density at radius 2 is 1.45 bits per heavy atom. The molecule has 0 aliphatic heterocycles.